The highest BCUT2D eigenvalue weighted by atomic mass is 79.9. The predicted octanol–water partition coefficient (Wildman–Crippen LogP) is 5.92. The maximum absolute atomic E-state index is 12.5. The number of halogens is 1. The number of amides is 1. The number of rotatable bonds is 6. The minimum Gasteiger partial charge on any atom is -0.353 e. The Kier molecular flexibility index (Phi) is 5.81. The van der Waals surface area contributed by atoms with E-state index in [0.717, 1.165) is 23.7 Å². The zero-order valence-corrected chi connectivity index (χ0v) is 18.4. The zero-order valence-electron chi connectivity index (χ0n) is 16.8. The van der Waals surface area contributed by atoms with Gasteiger partial charge in [-0.25, -0.2) is 0 Å². The topological polar surface area (TPSA) is 29.1 Å². The number of hydrogen-bond acceptors (Lipinski definition) is 1. The van der Waals surface area contributed by atoms with Gasteiger partial charge in [0.15, 0.2) is 0 Å². The molecular weight excluding hydrogens is 398 g/mol. The molecule has 0 heterocycles. The van der Waals surface area contributed by atoms with Crippen LogP contribution < -0.4 is 5.32 Å². The summed E-state index contributed by atoms with van der Waals surface area (Å²) in [6.45, 7) is 8.80. The third kappa shape index (κ3) is 4.82. The van der Waals surface area contributed by atoms with E-state index < -0.39 is 0 Å². The minimum atomic E-state index is 0.116. The minimum absolute atomic E-state index is 0.116. The van der Waals surface area contributed by atoms with E-state index in [9.17, 15) is 4.79 Å². The van der Waals surface area contributed by atoms with Crippen LogP contribution in [0.25, 0.3) is 0 Å². The molecule has 1 aliphatic rings. The summed E-state index contributed by atoms with van der Waals surface area (Å²) in [4.78, 5) is 12.5. The normalized spacial score (nSPS) is 16.6. The Morgan fingerprint density at radius 1 is 1.07 bits per heavy atom. The van der Waals surface area contributed by atoms with Crippen LogP contribution in [0.15, 0.2) is 53.0 Å². The third-order valence-electron chi connectivity index (χ3n) is 5.87. The quantitative estimate of drug-likeness (QED) is 0.609. The number of carbonyl (C=O) groups is 1. The van der Waals surface area contributed by atoms with E-state index in [0.29, 0.717) is 6.42 Å². The van der Waals surface area contributed by atoms with Gasteiger partial charge in [0.25, 0.3) is 0 Å². The molecule has 0 aromatic heterocycles. The van der Waals surface area contributed by atoms with Gasteiger partial charge in [0, 0.05) is 22.4 Å². The van der Waals surface area contributed by atoms with Crippen LogP contribution in [0.3, 0.4) is 0 Å². The van der Waals surface area contributed by atoms with Crippen LogP contribution in [-0.4, -0.2) is 11.9 Å². The molecule has 1 saturated carbocycles. The van der Waals surface area contributed by atoms with Crippen molar-refractivity contribution < 1.29 is 4.79 Å². The van der Waals surface area contributed by atoms with Crippen molar-refractivity contribution in [2.24, 2.45) is 0 Å². The summed E-state index contributed by atoms with van der Waals surface area (Å²) in [6, 6.07) is 17.4. The van der Waals surface area contributed by atoms with Crippen molar-refractivity contribution in [2.45, 2.75) is 70.3 Å². The first-order chi connectivity index (χ1) is 12.7. The Morgan fingerprint density at radius 2 is 1.67 bits per heavy atom. The Hall–Kier alpha value is -1.61. The molecule has 2 nitrogen and oxygen atoms in total. The van der Waals surface area contributed by atoms with Crippen molar-refractivity contribution in [3.8, 4) is 0 Å². The summed E-state index contributed by atoms with van der Waals surface area (Å²) in [7, 11) is 0. The summed E-state index contributed by atoms with van der Waals surface area (Å²) in [5.74, 6) is 0.144. The van der Waals surface area contributed by atoms with Crippen LogP contribution in [0.4, 0.5) is 0 Å². The molecule has 3 heteroatoms. The SMILES string of the molecule is CC(NC(=O)CCc1ccc(C(C)(C)C)cc1)C1(c2ccc(Br)cc2)CC1. The Balaban J connectivity index is 1.54. The first kappa shape index (κ1) is 20.1. The highest BCUT2D eigenvalue weighted by Crippen LogP contribution is 2.51. The average molecular weight is 428 g/mol. The van der Waals surface area contributed by atoms with E-state index in [1.807, 2.05) is 0 Å². The van der Waals surface area contributed by atoms with Crippen molar-refractivity contribution in [3.05, 3.63) is 69.7 Å². The fourth-order valence-corrected chi connectivity index (χ4v) is 4.03. The van der Waals surface area contributed by atoms with E-state index in [-0.39, 0.29) is 22.8 Å². The zero-order chi connectivity index (χ0) is 19.7. The van der Waals surface area contributed by atoms with Gasteiger partial charge in [0.2, 0.25) is 5.91 Å². The second kappa shape index (κ2) is 7.79. The largest absolute Gasteiger partial charge is 0.353 e. The van der Waals surface area contributed by atoms with E-state index >= 15 is 0 Å². The molecule has 1 aliphatic carbocycles. The Labute approximate surface area is 171 Å². The highest BCUT2D eigenvalue weighted by molar-refractivity contribution is 9.10. The Morgan fingerprint density at radius 3 is 2.19 bits per heavy atom. The fraction of sp³-hybridized carbons (Fsp3) is 0.458. The summed E-state index contributed by atoms with van der Waals surface area (Å²) in [5.41, 5.74) is 4.16. The van der Waals surface area contributed by atoms with Crippen LogP contribution in [0.1, 0.15) is 63.6 Å². The summed E-state index contributed by atoms with van der Waals surface area (Å²) in [6.07, 6.45) is 3.61. The molecule has 2 aromatic carbocycles. The molecule has 0 bridgehead atoms. The van der Waals surface area contributed by atoms with E-state index in [1.165, 1.54) is 16.7 Å². The molecule has 1 fully saturated rings. The first-order valence-electron chi connectivity index (χ1n) is 9.85. The fourth-order valence-electron chi connectivity index (χ4n) is 3.77. The van der Waals surface area contributed by atoms with Gasteiger partial charge in [-0.1, -0.05) is 73.1 Å². The summed E-state index contributed by atoms with van der Waals surface area (Å²) in [5, 5.41) is 3.25. The number of nitrogens with one attached hydrogen (secondary N) is 1. The van der Waals surface area contributed by atoms with Crippen LogP contribution in [0, 0.1) is 0 Å². The molecule has 144 valence electrons. The lowest BCUT2D eigenvalue weighted by Gasteiger charge is -2.25. The van der Waals surface area contributed by atoms with Gasteiger partial charge in [0.1, 0.15) is 0 Å². The van der Waals surface area contributed by atoms with Crippen LogP contribution >= 0.6 is 15.9 Å². The smallest absolute Gasteiger partial charge is 0.220 e. The molecule has 1 amide bonds. The predicted molar refractivity (Wildman–Crippen MR) is 116 cm³/mol. The molecule has 2 aromatic rings. The average Bonchev–Trinajstić information content (AvgIpc) is 3.42. The second-order valence-electron chi connectivity index (χ2n) is 8.90. The molecule has 1 N–H and O–H groups in total. The van der Waals surface area contributed by atoms with Crippen molar-refractivity contribution >= 4 is 21.8 Å². The molecule has 0 radical (unpaired) electrons. The van der Waals surface area contributed by atoms with Crippen molar-refractivity contribution in [3.63, 3.8) is 0 Å². The number of aryl methyl sites for hydroxylation is 1. The highest BCUT2D eigenvalue weighted by Gasteiger charge is 2.49. The van der Waals surface area contributed by atoms with Gasteiger partial charge >= 0.3 is 0 Å². The van der Waals surface area contributed by atoms with Crippen molar-refractivity contribution in [1.82, 2.24) is 5.32 Å². The Bertz CT molecular complexity index is 783. The third-order valence-corrected chi connectivity index (χ3v) is 6.40. The van der Waals surface area contributed by atoms with Gasteiger partial charge in [-0.05, 0) is 60.4 Å². The van der Waals surface area contributed by atoms with Gasteiger partial charge in [-0.15, -0.1) is 0 Å². The molecule has 0 spiro atoms. The lowest BCUT2D eigenvalue weighted by molar-refractivity contribution is -0.121. The maximum atomic E-state index is 12.5. The summed E-state index contributed by atoms with van der Waals surface area (Å²) >= 11 is 3.50. The second-order valence-corrected chi connectivity index (χ2v) is 9.81. The van der Waals surface area contributed by atoms with Gasteiger partial charge in [0.05, 0.1) is 0 Å². The monoisotopic (exact) mass is 427 g/mol. The number of benzene rings is 2. The van der Waals surface area contributed by atoms with E-state index in [4.69, 9.17) is 0 Å². The molecule has 0 saturated heterocycles. The lowest BCUT2D eigenvalue weighted by atomic mass is 9.86. The molecule has 1 unspecified atom stereocenters. The first-order valence-corrected chi connectivity index (χ1v) is 10.6. The van der Waals surface area contributed by atoms with Crippen molar-refractivity contribution in [2.75, 3.05) is 0 Å². The van der Waals surface area contributed by atoms with Gasteiger partial charge in [-0.2, -0.15) is 0 Å². The van der Waals surface area contributed by atoms with Crippen LogP contribution in [0.5, 0.6) is 0 Å². The van der Waals surface area contributed by atoms with Gasteiger partial charge < -0.3 is 5.32 Å². The van der Waals surface area contributed by atoms with Crippen LogP contribution in [-0.2, 0) is 22.0 Å². The van der Waals surface area contributed by atoms with Crippen LogP contribution in [0.2, 0.25) is 0 Å². The number of carbonyl (C=O) groups excluding carboxylic acids is 1. The number of hydrogen-bond donors (Lipinski definition) is 1. The van der Waals surface area contributed by atoms with E-state index in [1.54, 1.807) is 0 Å². The molecular formula is C24H30BrNO. The molecule has 0 aliphatic heterocycles. The standard InChI is InChI=1S/C24H30BrNO/c1-17(24(15-16-24)20-10-12-21(25)13-11-20)26-22(27)14-7-18-5-8-19(9-6-18)23(2,3)4/h5-6,8-13,17H,7,14-16H2,1-4H3,(H,26,27). The van der Waals surface area contributed by atoms with E-state index in [2.05, 4.69) is 97.5 Å². The van der Waals surface area contributed by atoms with Crippen molar-refractivity contribution in [1.29, 1.82) is 0 Å². The maximum Gasteiger partial charge on any atom is 0.220 e. The summed E-state index contributed by atoms with van der Waals surface area (Å²) < 4.78 is 1.09. The molecule has 27 heavy (non-hydrogen) atoms. The molecule has 1 atom stereocenters. The van der Waals surface area contributed by atoms with Gasteiger partial charge in [-0.3, -0.25) is 4.79 Å². The molecule has 3 rings (SSSR count). The lowest BCUT2D eigenvalue weighted by Crippen LogP contribution is -2.41.